The van der Waals surface area contributed by atoms with Gasteiger partial charge < -0.3 is 4.42 Å². The summed E-state index contributed by atoms with van der Waals surface area (Å²) in [7, 11) is 0. The quantitative estimate of drug-likeness (QED) is 0.375. The monoisotopic (exact) mass is 450 g/mol. The topological polar surface area (TPSA) is 71.3 Å². The van der Waals surface area contributed by atoms with Crippen molar-refractivity contribution in [2.75, 3.05) is 0 Å². The molecule has 0 aliphatic carbocycles. The lowest BCUT2D eigenvalue weighted by Gasteiger charge is -2.08. The van der Waals surface area contributed by atoms with Crippen LogP contribution in [0.2, 0.25) is 5.02 Å². The average Bonchev–Trinajstić information content (AvgIpc) is 3.17. The van der Waals surface area contributed by atoms with Crippen LogP contribution in [-0.2, 0) is 11.5 Å². The zero-order valence-corrected chi connectivity index (χ0v) is 18.0. The van der Waals surface area contributed by atoms with Crippen LogP contribution in [-0.4, -0.2) is 11.8 Å². The van der Waals surface area contributed by atoms with E-state index in [2.05, 4.69) is 23.0 Å². The van der Waals surface area contributed by atoms with Crippen LogP contribution in [0.3, 0.4) is 0 Å². The Bertz CT molecular complexity index is 1220. The number of rotatable bonds is 6. The third-order valence-corrected chi connectivity index (χ3v) is 5.90. The normalized spacial score (nSPS) is 10.7. The number of fused-ring (bicyclic) bond motifs is 1. The predicted octanol–water partition coefficient (Wildman–Crippen LogP) is 5.59. The molecular weight excluding hydrogens is 432 g/mol. The molecule has 2 amide bonds. The fourth-order valence-corrected chi connectivity index (χ4v) is 4.35. The molecule has 2 N–H and O–H groups in total. The van der Waals surface area contributed by atoms with Gasteiger partial charge in [0.05, 0.1) is 0 Å². The molecule has 1 aromatic heterocycles. The first kappa shape index (κ1) is 21.0. The Hall–Kier alpha value is -3.22. The van der Waals surface area contributed by atoms with Crippen molar-refractivity contribution in [3.63, 3.8) is 0 Å². The molecule has 0 fully saturated rings. The lowest BCUT2D eigenvalue weighted by atomic mass is 10.1. The summed E-state index contributed by atoms with van der Waals surface area (Å²) in [5, 5.41) is 1.32. The highest BCUT2D eigenvalue weighted by Crippen LogP contribution is 2.30. The van der Waals surface area contributed by atoms with Gasteiger partial charge in [-0.3, -0.25) is 20.4 Å². The Balaban J connectivity index is 1.48. The van der Waals surface area contributed by atoms with Crippen molar-refractivity contribution < 1.29 is 14.0 Å². The van der Waals surface area contributed by atoms with Crippen LogP contribution in [0.5, 0.6) is 0 Å². The molecule has 0 aliphatic heterocycles. The molecular formula is C24H19ClN2O3S. The smallest absolute Gasteiger partial charge is 0.305 e. The molecule has 3 aromatic carbocycles. The van der Waals surface area contributed by atoms with E-state index >= 15 is 0 Å². The number of hydrogen-bond acceptors (Lipinski definition) is 4. The number of carbonyl (C=O) groups is 2. The first-order valence-corrected chi connectivity index (χ1v) is 11.1. The third-order valence-electron chi connectivity index (χ3n) is 4.64. The predicted molar refractivity (Wildman–Crippen MR) is 124 cm³/mol. The Labute approximate surface area is 188 Å². The minimum atomic E-state index is -0.512. The van der Waals surface area contributed by atoms with Crippen molar-refractivity contribution in [3.05, 3.63) is 106 Å². The Morgan fingerprint density at radius 3 is 2.39 bits per heavy atom. The van der Waals surface area contributed by atoms with Gasteiger partial charge in [0.1, 0.15) is 5.58 Å². The molecule has 0 saturated heterocycles. The summed E-state index contributed by atoms with van der Waals surface area (Å²) in [6, 6.07) is 24.1. The lowest BCUT2D eigenvalue weighted by molar-refractivity contribution is 0.0831. The molecule has 0 spiro atoms. The summed E-state index contributed by atoms with van der Waals surface area (Å²) in [6.45, 7) is 0. The summed E-state index contributed by atoms with van der Waals surface area (Å²) >= 11 is 7.61. The number of furan rings is 1. The van der Waals surface area contributed by atoms with Gasteiger partial charge in [-0.05, 0) is 29.8 Å². The molecule has 7 heteroatoms. The number of carbonyl (C=O) groups excluding carboxylic acids is 2. The highest BCUT2D eigenvalue weighted by molar-refractivity contribution is 7.97. The molecule has 0 aliphatic rings. The number of hydrazine groups is 1. The molecule has 0 bridgehead atoms. The molecule has 0 saturated carbocycles. The van der Waals surface area contributed by atoms with Crippen LogP contribution in [0.15, 0.2) is 83.3 Å². The molecule has 0 radical (unpaired) electrons. The number of halogens is 1. The van der Waals surface area contributed by atoms with Gasteiger partial charge in [-0.2, -0.15) is 11.8 Å². The maximum absolute atomic E-state index is 12.8. The molecule has 0 atom stereocenters. The molecule has 4 aromatic rings. The van der Waals surface area contributed by atoms with Gasteiger partial charge in [-0.1, -0.05) is 66.2 Å². The van der Waals surface area contributed by atoms with E-state index in [1.54, 1.807) is 30.0 Å². The third kappa shape index (κ3) is 5.10. The number of para-hydroxylation sites is 1. The van der Waals surface area contributed by atoms with Crippen LogP contribution >= 0.6 is 23.4 Å². The van der Waals surface area contributed by atoms with Crippen LogP contribution in [0.4, 0.5) is 0 Å². The van der Waals surface area contributed by atoms with E-state index < -0.39 is 11.8 Å². The molecule has 0 unspecified atom stereocenters. The first-order chi connectivity index (χ1) is 15.1. The SMILES string of the molecule is O=C(NNC(=O)c1oc2ccccc2c1CSCc1ccccc1)c1cccc(Cl)c1. The fourth-order valence-electron chi connectivity index (χ4n) is 3.14. The van der Waals surface area contributed by atoms with E-state index in [0.29, 0.717) is 21.9 Å². The Morgan fingerprint density at radius 2 is 1.58 bits per heavy atom. The van der Waals surface area contributed by atoms with Gasteiger partial charge in [0.25, 0.3) is 5.91 Å². The maximum Gasteiger partial charge on any atom is 0.305 e. The molecule has 1 heterocycles. The molecule has 31 heavy (non-hydrogen) atoms. The summed E-state index contributed by atoms with van der Waals surface area (Å²) in [5.74, 6) is 0.617. The second kappa shape index (κ2) is 9.73. The van der Waals surface area contributed by atoms with Crippen molar-refractivity contribution >= 4 is 46.1 Å². The standard InChI is InChI=1S/C24H19ClN2O3S/c25-18-10-6-9-17(13-18)23(28)26-27-24(29)22-20(19-11-4-5-12-21(19)30-22)15-31-14-16-7-2-1-3-8-16/h1-13H,14-15H2,(H,26,28)(H,27,29). The molecule has 5 nitrogen and oxygen atoms in total. The fraction of sp³-hybridized carbons (Fsp3) is 0.0833. The van der Waals surface area contributed by atoms with Crippen molar-refractivity contribution in [2.45, 2.75) is 11.5 Å². The minimum absolute atomic E-state index is 0.188. The summed E-state index contributed by atoms with van der Waals surface area (Å²) < 4.78 is 5.82. The summed E-state index contributed by atoms with van der Waals surface area (Å²) in [5.41, 5.74) is 7.83. The Kier molecular flexibility index (Phi) is 6.60. The largest absolute Gasteiger partial charge is 0.451 e. The zero-order chi connectivity index (χ0) is 21.6. The van der Waals surface area contributed by atoms with E-state index in [1.807, 2.05) is 42.5 Å². The van der Waals surface area contributed by atoms with Gasteiger partial charge in [0.2, 0.25) is 0 Å². The number of benzene rings is 3. The van der Waals surface area contributed by atoms with Crippen molar-refractivity contribution in [2.24, 2.45) is 0 Å². The van der Waals surface area contributed by atoms with Crippen molar-refractivity contribution in [1.82, 2.24) is 10.9 Å². The van der Waals surface area contributed by atoms with Crippen LogP contribution < -0.4 is 10.9 Å². The van der Waals surface area contributed by atoms with Crippen molar-refractivity contribution in [3.8, 4) is 0 Å². The summed E-state index contributed by atoms with van der Waals surface area (Å²) in [6.07, 6.45) is 0. The Morgan fingerprint density at radius 1 is 0.839 bits per heavy atom. The van der Waals surface area contributed by atoms with E-state index in [9.17, 15) is 9.59 Å². The highest BCUT2D eigenvalue weighted by Gasteiger charge is 2.21. The van der Waals surface area contributed by atoms with E-state index in [1.165, 1.54) is 11.6 Å². The van der Waals surface area contributed by atoms with E-state index in [-0.39, 0.29) is 5.76 Å². The van der Waals surface area contributed by atoms with Crippen LogP contribution in [0.25, 0.3) is 11.0 Å². The van der Waals surface area contributed by atoms with Crippen molar-refractivity contribution in [1.29, 1.82) is 0 Å². The lowest BCUT2D eigenvalue weighted by Crippen LogP contribution is -2.41. The molecule has 4 rings (SSSR count). The first-order valence-electron chi connectivity index (χ1n) is 9.60. The zero-order valence-electron chi connectivity index (χ0n) is 16.4. The minimum Gasteiger partial charge on any atom is -0.451 e. The van der Waals surface area contributed by atoms with Crippen LogP contribution in [0, 0.1) is 0 Å². The van der Waals surface area contributed by atoms with Gasteiger partial charge in [0, 0.05) is 33.0 Å². The van der Waals surface area contributed by atoms with E-state index in [0.717, 1.165) is 16.7 Å². The van der Waals surface area contributed by atoms with Gasteiger partial charge in [0.15, 0.2) is 5.76 Å². The number of thioether (sulfide) groups is 1. The van der Waals surface area contributed by atoms with Gasteiger partial charge >= 0.3 is 5.91 Å². The van der Waals surface area contributed by atoms with E-state index in [4.69, 9.17) is 16.0 Å². The summed E-state index contributed by atoms with van der Waals surface area (Å²) in [4.78, 5) is 25.1. The highest BCUT2D eigenvalue weighted by atomic mass is 35.5. The molecule has 156 valence electrons. The van der Waals surface area contributed by atoms with Crippen LogP contribution in [0.1, 0.15) is 32.0 Å². The number of hydrogen-bond donors (Lipinski definition) is 2. The maximum atomic E-state index is 12.8. The second-order valence-corrected chi connectivity index (χ2v) is 8.22. The van der Waals surface area contributed by atoms with Gasteiger partial charge in [-0.25, -0.2) is 0 Å². The van der Waals surface area contributed by atoms with Gasteiger partial charge in [-0.15, -0.1) is 0 Å². The number of nitrogens with one attached hydrogen (secondary N) is 2. The second-order valence-electron chi connectivity index (χ2n) is 6.80. The number of amides is 2. The average molecular weight is 451 g/mol.